The topological polar surface area (TPSA) is 91.2 Å². The number of anilines is 1. The smallest absolute Gasteiger partial charge is 0.321 e. The molecule has 1 aromatic rings. The van der Waals surface area contributed by atoms with E-state index in [0.717, 1.165) is 0 Å². The third-order valence-electron chi connectivity index (χ3n) is 0.696. The van der Waals surface area contributed by atoms with Gasteiger partial charge in [-0.1, -0.05) is 0 Å². The second-order valence-electron chi connectivity index (χ2n) is 1.35. The number of aromatic nitrogens is 3. The second kappa shape index (κ2) is 2.53. The Bertz CT molecular complexity index is 222. The van der Waals surface area contributed by atoms with Gasteiger partial charge >= 0.3 is 12.0 Å². The van der Waals surface area contributed by atoms with Crippen molar-refractivity contribution in [1.82, 2.24) is 15.0 Å². The summed E-state index contributed by atoms with van der Waals surface area (Å²) in [5.41, 5.74) is 0. The van der Waals surface area contributed by atoms with Crippen LogP contribution in [0.15, 0.2) is 0 Å². The summed E-state index contributed by atoms with van der Waals surface area (Å²) in [7, 11) is 0. The average Bonchev–Trinajstić information content (AvgIpc) is 1.85. The molecule has 1 aromatic heterocycles. The van der Waals surface area contributed by atoms with Gasteiger partial charge in [-0.25, -0.2) is 0 Å². The molecule has 0 unspecified atom stereocenters. The lowest BCUT2D eigenvalue weighted by Crippen LogP contribution is -1.92. The minimum Gasteiger partial charge on any atom is -0.479 e. The maximum Gasteiger partial charge on any atom is 0.321 e. The molecule has 0 aliphatic carbocycles. The van der Waals surface area contributed by atoms with Crippen LogP contribution in [0.2, 0.25) is 0 Å². The third-order valence-corrected chi connectivity index (χ3v) is 0.865. The van der Waals surface area contributed by atoms with E-state index < -0.39 is 12.0 Å². The normalized spacial score (nSPS) is 9.30. The lowest BCUT2D eigenvalue weighted by Gasteiger charge is -1.94. The predicted octanol–water partition coefficient (Wildman–Crippen LogP) is -0.152. The van der Waals surface area contributed by atoms with Gasteiger partial charge in [0.15, 0.2) is 0 Å². The van der Waals surface area contributed by atoms with E-state index in [1.807, 2.05) is 4.84 Å². The molecular weight excluding hydrogens is 160 g/mol. The lowest BCUT2D eigenvalue weighted by molar-refractivity contribution is 0.384. The summed E-state index contributed by atoms with van der Waals surface area (Å²) in [5, 5.41) is 17.2. The second-order valence-corrected chi connectivity index (χ2v) is 1.54. The summed E-state index contributed by atoms with van der Waals surface area (Å²) >= 11 is 5.05. The zero-order valence-electron chi connectivity index (χ0n) is 4.61. The van der Waals surface area contributed by atoms with Crippen LogP contribution < -0.4 is 4.84 Å². The Morgan fingerprint density at radius 2 is 1.60 bits per heavy atom. The van der Waals surface area contributed by atoms with Crippen LogP contribution in [0.3, 0.4) is 0 Å². The molecule has 3 N–H and O–H groups in total. The van der Waals surface area contributed by atoms with E-state index in [1.165, 1.54) is 0 Å². The van der Waals surface area contributed by atoms with E-state index in [9.17, 15) is 0 Å². The van der Waals surface area contributed by atoms with Crippen molar-refractivity contribution < 1.29 is 10.2 Å². The van der Waals surface area contributed by atoms with Gasteiger partial charge in [-0.15, -0.1) is 4.98 Å². The van der Waals surface area contributed by atoms with Gasteiger partial charge in [0.25, 0.3) is 0 Å². The third kappa shape index (κ3) is 1.35. The molecule has 0 amide bonds. The molecule has 1 rings (SSSR count). The Morgan fingerprint density at radius 1 is 1.10 bits per heavy atom. The Hall–Kier alpha value is -1.30. The number of aromatic hydroxyl groups is 2. The number of hydrogen-bond acceptors (Lipinski definition) is 6. The highest BCUT2D eigenvalue weighted by molar-refractivity contribution is 6.23. The number of nitrogens with one attached hydrogen (secondary N) is 1. The molecule has 0 saturated heterocycles. The SMILES string of the molecule is Oc1nc(O)nc(NCl)n1. The quantitative estimate of drug-likeness (QED) is 0.498. The van der Waals surface area contributed by atoms with Gasteiger partial charge in [-0.05, 0) is 0 Å². The number of rotatable bonds is 1. The van der Waals surface area contributed by atoms with E-state index in [4.69, 9.17) is 22.0 Å². The minimum absolute atomic E-state index is 0.105. The van der Waals surface area contributed by atoms with Crippen LogP contribution in [-0.4, -0.2) is 25.2 Å². The number of hydrogen-bond donors (Lipinski definition) is 3. The van der Waals surface area contributed by atoms with E-state index >= 15 is 0 Å². The molecule has 0 aromatic carbocycles. The molecule has 0 fully saturated rings. The molecule has 0 saturated carbocycles. The summed E-state index contributed by atoms with van der Waals surface area (Å²) < 4.78 is 0. The highest BCUT2D eigenvalue weighted by atomic mass is 35.5. The number of halogens is 1. The fourth-order valence-electron chi connectivity index (χ4n) is 0.396. The van der Waals surface area contributed by atoms with Crippen molar-refractivity contribution in [2.24, 2.45) is 0 Å². The molecule has 0 bridgehead atoms. The number of nitrogens with zero attached hydrogens (tertiary/aromatic N) is 3. The highest BCUT2D eigenvalue weighted by Crippen LogP contribution is 2.09. The average molecular weight is 163 g/mol. The van der Waals surface area contributed by atoms with Crippen molar-refractivity contribution >= 4 is 17.7 Å². The largest absolute Gasteiger partial charge is 0.479 e. The summed E-state index contributed by atoms with van der Waals surface area (Å²) in [5.74, 6) is -0.105. The molecular formula is C3H3ClN4O2. The zero-order valence-corrected chi connectivity index (χ0v) is 5.37. The molecule has 1 heterocycles. The van der Waals surface area contributed by atoms with Crippen LogP contribution in [0.4, 0.5) is 5.95 Å². The van der Waals surface area contributed by atoms with Crippen LogP contribution in [0.5, 0.6) is 12.0 Å². The summed E-state index contributed by atoms with van der Waals surface area (Å²) in [6, 6.07) is -1.17. The van der Waals surface area contributed by atoms with Gasteiger partial charge in [-0.2, -0.15) is 9.97 Å². The molecule has 54 valence electrons. The monoisotopic (exact) mass is 162 g/mol. The first-order chi connectivity index (χ1) is 4.72. The van der Waals surface area contributed by atoms with Gasteiger partial charge in [0.2, 0.25) is 5.95 Å². The first-order valence-corrected chi connectivity index (χ1v) is 2.61. The van der Waals surface area contributed by atoms with Crippen LogP contribution in [0, 0.1) is 0 Å². The maximum absolute atomic E-state index is 8.60. The van der Waals surface area contributed by atoms with Gasteiger partial charge in [0.05, 0.1) is 0 Å². The van der Waals surface area contributed by atoms with E-state index in [1.54, 1.807) is 0 Å². The van der Waals surface area contributed by atoms with Crippen LogP contribution in [-0.2, 0) is 0 Å². The lowest BCUT2D eigenvalue weighted by atomic mass is 10.9. The van der Waals surface area contributed by atoms with Crippen molar-refractivity contribution in [3.63, 3.8) is 0 Å². The molecule has 0 aliphatic heterocycles. The van der Waals surface area contributed by atoms with E-state index in [2.05, 4.69) is 15.0 Å². The van der Waals surface area contributed by atoms with Crippen LogP contribution in [0.1, 0.15) is 0 Å². The van der Waals surface area contributed by atoms with E-state index in [0.29, 0.717) is 0 Å². The van der Waals surface area contributed by atoms with Crippen LogP contribution >= 0.6 is 11.8 Å². The predicted molar refractivity (Wildman–Crippen MR) is 32.6 cm³/mol. The van der Waals surface area contributed by atoms with Gasteiger partial charge in [0.1, 0.15) is 0 Å². The molecule has 10 heavy (non-hydrogen) atoms. The highest BCUT2D eigenvalue weighted by Gasteiger charge is 2.00. The summed E-state index contributed by atoms with van der Waals surface area (Å²) in [6.45, 7) is 0. The van der Waals surface area contributed by atoms with Crippen molar-refractivity contribution in [2.45, 2.75) is 0 Å². The van der Waals surface area contributed by atoms with Gasteiger partial charge < -0.3 is 10.2 Å². The first-order valence-electron chi connectivity index (χ1n) is 2.23. The maximum atomic E-state index is 8.60. The Kier molecular flexibility index (Phi) is 1.72. The van der Waals surface area contributed by atoms with Gasteiger partial charge in [-0.3, -0.25) is 4.84 Å². The van der Waals surface area contributed by atoms with Crippen molar-refractivity contribution in [2.75, 3.05) is 4.84 Å². The Labute approximate surface area is 60.6 Å². The first kappa shape index (κ1) is 6.81. The molecule has 0 atom stereocenters. The Balaban J connectivity index is 3.06. The van der Waals surface area contributed by atoms with Crippen molar-refractivity contribution in [3.05, 3.63) is 0 Å². The summed E-state index contributed by atoms with van der Waals surface area (Å²) in [6.07, 6.45) is 0. The zero-order chi connectivity index (χ0) is 7.56. The molecule has 0 radical (unpaired) electrons. The minimum atomic E-state index is -0.587. The fourth-order valence-corrected chi connectivity index (χ4v) is 0.481. The van der Waals surface area contributed by atoms with Gasteiger partial charge in [0, 0.05) is 11.8 Å². The molecule has 7 heteroatoms. The van der Waals surface area contributed by atoms with Crippen LogP contribution in [0.25, 0.3) is 0 Å². The molecule has 6 nitrogen and oxygen atoms in total. The Morgan fingerprint density at radius 3 is 2.00 bits per heavy atom. The molecule has 0 aliphatic rings. The summed E-state index contributed by atoms with van der Waals surface area (Å²) in [4.78, 5) is 11.6. The standard InChI is InChI=1S/C3H3ClN4O2/c4-8-1-5-2(9)7-3(10)6-1/h(H3,5,6,7,8,9,10). The molecule has 0 spiro atoms. The van der Waals surface area contributed by atoms with Crippen molar-refractivity contribution in [1.29, 1.82) is 0 Å². The van der Waals surface area contributed by atoms with E-state index in [-0.39, 0.29) is 5.95 Å². The fraction of sp³-hybridized carbons (Fsp3) is 0. The van der Waals surface area contributed by atoms with Crippen molar-refractivity contribution in [3.8, 4) is 12.0 Å².